The standard InChI is InChI=1S/C12H17N3O2/c1-7(16)12(2,3)15-11-14-9-6-8(13)4-5-10(9)17-11/h4-7,16H,13H2,1-3H3,(H,14,15). The van der Waals surface area contributed by atoms with Crippen molar-refractivity contribution in [2.24, 2.45) is 0 Å². The first-order chi connectivity index (χ1) is 7.88. The maximum absolute atomic E-state index is 9.61. The summed E-state index contributed by atoms with van der Waals surface area (Å²) in [5, 5.41) is 12.7. The van der Waals surface area contributed by atoms with E-state index in [0.717, 1.165) is 0 Å². The minimum absolute atomic E-state index is 0.386. The van der Waals surface area contributed by atoms with Gasteiger partial charge in [0.25, 0.3) is 6.01 Å². The lowest BCUT2D eigenvalue weighted by molar-refractivity contribution is 0.131. The molecule has 0 aliphatic heterocycles. The molecule has 4 N–H and O–H groups in total. The number of rotatable bonds is 3. The Morgan fingerprint density at radius 3 is 2.82 bits per heavy atom. The third-order valence-corrected chi connectivity index (χ3v) is 2.89. The number of nitrogens with two attached hydrogens (primary N) is 1. The van der Waals surface area contributed by atoms with E-state index in [1.807, 2.05) is 13.8 Å². The van der Waals surface area contributed by atoms with E-state index in [9.17, 15) is 5.11 Å². The van der Waals surface area contributed by atoms with Crippen molar-refractivity contribution < 1.29 is 9.52 Å². The Morgan fingerprint density at radius 1 is 1.47 bits per heavy atom. The van der Waals surface area contributed by atoms with E-state index in [4.69, 9.17) is 10.2 Å². The van der Waals surface area contributed by atoms with Gasteiger partial charge >= 0.3 is 0 Å². The summed E-state index contributed by atoms with van der Waals surface area (Å²) in [6, 6.07) is 5.67. The SMILES string of the molecule is CC(O)C(C)(C)Nc1nc2cc(N)ccc2o1. The van der Waals surface area contributed by atoms with E-state index in [1.165, 1.54) is 0 Å². The fourth-order valence-corrected chi connectivity index (χ4v) is 1.38. The highest BCUT2D eigenvalue weighted by Crippen LogP contribution is 2.24. The molecule has 17 heavy (non-hydrogen) atoms. The summed E-state index contributed by atoms with van der Waals surface area (Å²) in [5.74, 6) is 0. The molecule has 0 fully saturated rings. The van der Waals surface area contributed by atoms with Crippen LogP contribution in [0.25, 0.3) is 11.1 Å². The number of nitrogen functional groups attached to an aromatic ring is 1. The third-order valence-electron chi connectivity index (χ3n) is 2.89. The van der Waals surface area contributed by atoms with Crippen LogP contribution in [0, 0.1) is 0 Å². The molecule has 0 amide bonds. The summed E-state index contributed by atoms with van der Waals surface area (Å²) < 4.78 is 5.52. The Kier molecular flexibility index (Phi) is 2.71. The maximum atomic E-state index is 9.61. The van der Waals surface area contributed by atoms with Crippen molar-refractivity contribution in [2.45, 2.75) is 32.4 Å². The molecule has 0 saturated heterocycles. The van der Waals surface area contributed by atoms with Crippen LogP contribution >= 0.6 is 0 Å². The lowest BCUT2D eigenvalue weighted by atomic mass is 9.99. The molecule has 1 aromatic carbocycles. The minimum Gasteiger partial charge on any atom is -0.424 e. The van der Waals surface area contributed by atoms with Gasteiger partial charge in [0.05, 0.1) is 11.6 Å². The first kappa shape index (κ1) is 11.7. The molecule has 0 aliphatic rings. The van der Waals surface area contributed by atoms with Gasteiger partial charge in [0.2, 0.25) is 0 Å². The van der Waals surface area contributed by atoms with Crippen molar-refractivity contribution in [2.75, 3.05) is 11.1 Å². The van der Waals surface area contributed by atoms with E-state index in [0.29, 0.717) is 22.8 Å². The zero-order valence-electron chi connectivity index (χ0n) is 10.2. The zero-order chi connectivity index (χ0) is 12.6. The minimum atomic E-state index is -0.525. The predicted octanol–water partition coefficient (Wildman–Crippen LogP) is 1.98. The molecule has 5 nitrogen and oxygen atoms in total. The van der Waals surface area contributed by atoms with Crippen molar-refractivity contribution >= 4 is 22.8 Å². The number of oxazole rings is 1. The number of nitrogens with one attached hydrogen (secondary N) is 1. The number of aliphatic hydroxyl groups is 1. The van der Waals surface area contributed by atoms with Gasteiger partial charge in [-0.2, -0.15) is 4.98 Å². The van der Waals surface area contributed by atoms with Gasteiger partial charge in [-0.15, -0.1) is 0 Å². The molecule has 1 atom stereocenters. The number of nitrogens with zero attached hydrogens (tertiary/aromatic N) is 1. The monoisotopic (exact) mass is 235 g/mol. The van der Waals surface area contributed by atoms with Gasteiger partial charge in [-0.3, -0.25) is 0 Å². The van der Waals surface area contributed by atoms with Crippen LogP contribution in [0.2, 0.25) is 0 Å². The highest BCUT2D eigenvalue weighted by Gasteiger charge is 2.25. The molecule has 0 saturated carbocycles. The van der Waals surface area contributed by atoms with Crippen molar-refractivity contribution in [1.29, 1.82) is 0 Å². The summed E-state index contributed by atoms with van der Waals surface area (Å²) >= 11 is 0. The first-order valence-electron chi connectivity index (χ1n) is 5.51. The Balaban J connectivity index is 2.31. The quantitative estimate of drug-likeness (QED) is 0.708. The second kappa shape index (κ2) is 3.92. The van der Waals surface area contributed by atoms with Crippen LogP contribution in [-0.2, 0) is 0 Å². The first-order valence-corrected chi connectivity index (χ1v) is 5.51. The van der Waals surface area contributed by atoms with Gasteiger partial charge < -0.3 is 20.6 Å². The number of benzene rings is 1. The average Bonchev–Trinajstić information content (AvgIpc) is 2.57. The average molecular weight is 235 g/mol. The molecule has 2 rings (SSSR count). The molecular weight excluding hydrogens is 218 g/mol. The van der Waals surface area contributed by atoms with E-state index >= 15 is 0 Å². The van der Waals surface area contributed by atoms with Crippen LogP contribution in [0.1, 0.15) is 20.8 Å². The Labute approximate surface area is 99.6 Å². The largest absolute Gasteiger partial charge is 0.424 e. The van der Waals surface area contributed by atoms with Crippen LogP contribution in [0.15, 0.2) is 22.6 Å². The lowest BCUT2D eigenvalue weighted by Gasteiger charge is -2.28. The zero-order valence-corrected chi connectivity index (χ0v) is 10.2. The molecule has 92 valence electrons. The van der Waals surface area contributed by atoms with Gasteiger partial charge in [-0.1, -0.05) is 0 Å². The maximum Gasteiger partial charge on any atom is 0.296 e. The van der Waals surface area contributed by atoms with Crippen molar-refractivity contribution in [3.63, 3.8) is 0 Å². The van der Waals surface area contributed by atoms with Crippen LogP contribution in [0.3, 0.4) is 0 Å². The number of hydrogen-bond donors (Lipinski definition) is 3. The van der Waals surface area contributed by atoms with Gasteiger partial charge in [0.15, 0.2) is 5.58 Å². The molecule has 0 aliphatic carbocycles. The fourth-order valence-electron chi connectivity index (χ4n) is 1.38. The molecular formula is C12H17N3O2. The Morgan fingerprint density at radius 2 is 2.18 bits per heavy atom. The summed E-state index contributed by atoms with van der Waals surface area (Å²) in [7, 11) is 0. The number of hydrogen-bond acceptors (Lipinski definition) is 5. The molecule has 1 unspecified atom stereocenters. The van der Waals surface area contributed by atoms with Crippen LogP contribution in [-0.4, -0.2) is 21.7 Å². The third kappa shape index (κ3) is 2.34. The van der Waals surface area contributed by atoms with Gasteiger partial charge in [0, 0.05) is 5.69 Å². The van der Waals surface area contributed by atoms with E-state index in [1.54, 1.807) is 25.1 Å². The molecule has 0 radical (unpaired) electrons. The lowest BCUT2D eigenvalue weighted by Crippen LogP contribution is -2.41. The molecule has 1 aromatic heterocycles. The van der Waals surface area contributed by atoms with Crippen LogP contribution in [0.4, 0.5) is 11.7 Å². The topological polar surface area (TPSA) is 84.3 Å². The van der Waals surface area contributed by atoms with Crippen molar-refractivity contribution in [3.8, 4) is 0 Å². The summed E-state index contributed by atoms with van der Waals surface area (Å²) in [5.41, 5.74) is 7.18. The van der Waals surface area contributed by atoms with Crippen LogP contribution < -0.4 is 11.1 Å². The van der Waals surface area contributed by atoms with Crippen molar-refractivity contribution in [3.05, 3.63) is 18.2 Å². The molecule has 1 heterocycles. The molecule has 5 heteroatoms. The fraction of sp³-hybridized carbons (Fsp3) is 0.417. The highest BCUT2D eigenvalue weighted by atomic mass is 16.4. The number of aliphatic hydroxyl groups excluding tert-OH is 1. The predicted molar refractivity (Wildman–Crippen MR) is 67.8 cm³/mol. The van der Waals surface area contributed by atoms with E-state index in [2.05, 4.69) is 10.3 Å². The molecule has 0 bridgehead atoms. The Bertz CT molecular complexity index is 532. The van der Waals surface area contributed by atoms with Gasteiger partial charge in [-0.05, 0) is 39.0 Å². The number of fused-ring (bicyclic) bond motifs is 1. The van der Waals surface area contributed by atoms with Gasteiger partial charge in [-0.25, -0.2) is 0 Å². The highest BCUT2D eigenvalue weighted by molar-refractivity contribution is 5.78. The molecule has 2 aromatic rings. The number of anilines is 2. The summed E-state index contributed by atoms with van der Waals surface area (Å²) in [6.45, 7) is 5.47. The number of aromatic nitrogens is 1. The smallest absolute Gasteiger partial charge is 0.296 e. The van der Waals surface area contributed by atoms with E-state index in [-0.39, 0.29) is 0 Å². The van der Waals surface area contributed by atoms with Crippen LogP contribution in [0.5, 0.6) is 0 Å². The normalized spacial score (nSPS) is 13.9. The summed E-state index contributed by atoms with van der Waals surface area (Å²) in [6.07, 6.45) is -0.525. The van der Waals surface area contributed by atoms with Crippen molar-refractivity contribution in [1.82, 2.24) is 4.98 Å². The van der Waals surface area contributed by atoms with E-state index < -0.39 is 11.6 Å². The second-order valence-corrected chi connectivity index (χ2v) is 4.77. The van der Waals surface area contributed by atoms with Gasteiger partial charge in [0.1, 0.15) is 5.52 Å². The Hall–Kier alpha value is -1.75. The molecule has 0 spiro atoms. The summed E-state index contributed by atoms with van der Waals surface area (Å²) in [4.78, 5) is 4.27. The second-order valence-electron chi connectivity index (χ2n) is 4.77.